The highest BCUT2D eigenvalue weighted by Crippen LogP contribution is 2.35. The molecule has 0 spiro atoms. The fourth-order valence-electron chi connectivity index (χ4n) is 1.97. The maximum atomic E-state index is 11.3. The van der Waals surface area contributed by atoms with Gasteiger partial charge in [-0.05, 0) is 24.1 Å². The number of ether oxygens (including phenoxy) is 1. The van der Waals surface area contributed by atoms with E-state index < -0.39 is 4.92 Å². The number of benzene rings is 2. The first-order valence-corrected chi connectivity index (χ1v) is 6.90. The number of nitrogens with one attached hydrogen (secondary N) is 1. The van der Waals surface area contributed by atoms with Gasteiger partial charge in [-0.25, -0.2) is 0 Å². The van der Waals surface area contributed by atoms with E-state index in [-0.39, 0.29) is 5.69 Å². The van der Waals surface area contributed by atoms with Gasteiger partial charge in [0, 0.05) is 6.54 Å². The second-order valence-electron chi connectivity index (χ2n) is 4.60. The van der Waals surface area contributed by atoms with Gasteiger partial charge in [0.15, 0.2) is 5.75 Å². The molecule has 1 N–H and O–H groups in total. The van der Waals surface area contributed by atoms with Gasteiger partial charge >= 0.3 is 5.69 Å². The number of anilines is 1. The lowest BCUT2D eigenvalue weighted by molar-refractivity contribution is -0.385. The molecule has 2 aromatic carbocycles. The summed E-state index contributed by atoms with van der Waals surface area (Å²) in [5.74, 6) is 0.305. The molecule has 2 rings (SSSR count). The van der Waals surface area contributed by atoms with Crippen LogP contribution in [0.15, 0.2) is 48.5 Å². The lowest BCUT2D eigenvalue weighted by atomic mass is 10.2. The molecule has 0 aliphatic carbocycles. The van der Waals surface area contributed by atoms with E-state index in [4.69, 9.17) is 4.74 Å². The normalized spacial score (nSPS) is 10.1. The lowest BCUT2D eigenvalue weighted by Crippen LogP contribution is -2.05. The van der Waals surface area contributed by atoms with E-state index in [1.54, 1.807) is 18.2 Å². The van der Waals surface area contributed by atoms with Crippen LogP contribution in [-0.4, -0.2) is 11.5 Å². The van der Waals surface area contributed by atoms with Crippen molar-refractivity contribution in [2.24, 2.45) is 0 Å². The van der Waals surface area contributed by atoms with Gasteiger partial charge in [-0.15, -0.1) is 0 Å². The Morgan fingerprint density at radius 3 is 2.57 bits per heavy atom. The molecule has 110 valence electrons. The number of para-hydroxylation sites is 1. The Bertz CT molecular complexity index is 600. The van der Waals surface area contributed by atoms with Gasteiger partial charge in [-0.3, -0.25) is 10.1 Å². The van der Waals surface area contributed by atoms with Crippen LogP contribution in [-0.2, 0) is 6.54 Å². The van der Waals surface area contributed by atoms with E-state index in [1.165, 1.54) is 0 Å². The van der Waals surface area contributed by atoms with Crippen molar-refractivity contribution in [2.75, 3.05) is 11.9 Å². The molecule has 0 aliphatic rings. The molecule has 0 amide bonds. The molecule has 0 radical (unpaired) electrons. The van der Waals surface area contributed by atoms with Crippen molar-refractivity contribution in [2.45, 2.75) is 19.9 Å². The molecule has 5 heteroatoms. The number of hydrogen-bond acceptors (Lipinski definition) is 4. The highest BCUT2D eigenvalue weighted by molar-refractivity contribution is 5.68. The molecule has 21 heavy (non-hydrogen) atoms. The largest absolute Gasteiger partial charge is 0.487 e. The fourth-order valence-corrected chi connectivity index (χ4v) is 1.97. The number of nitro benzene ring substituents is 1. The maximum absolute atomic E-state index is 11.3. The summed E-state index contributed by atoms with van der Waals surface area (Å²) < 4.78 is 5.46. The number of nitrogens with zero attached hydrogens (tertiary/aromatic N) is 1. The number of nitro groups is 1. The summed E-state index contributed by atoms with van der Waals surface area (Å²) in [6, 6.07) is 14.8. The van der Waals surface area contributed by atoms with Crippen molar-refractivity contribution in [3.63, 3.8) is 0 Å². The predicted molar refractivity (Wildman–Crippen MR) is 82.7 cm³/mol. The smallest absolute Gasteiger partial charge is 0.333 e. The van der Waals surface area contributed by atoms with Crippen molar-refractivity contribution in [1.82, 2.24) is 0 Å². The molecule has 0 aliphatic heterocycles. The van der Waals surface area contributed by atoms with E-state index in [0.717, 1.165) is 12.0 Å². The first-order valence-electron chi connectivity index (χ1n) is 6.90. The van der Waals surface area contributed by atoms with Crippen LogP contribution in [0.25, 0.3) is 0 Å². The third-order valence-electron chi connectivity index (χ3n) is 2.97. The molecule has 5 nitrogen and oxygen atoms in total. The Labute approximate surface area is 123 Å². The van der Waals surface area contributed by atoms with Crippen LogP contribution >= 0.6 is 0 Å². The van der Waals surface area contributed by atoms with Crippen LogP contribution in [0.3, 0.4) is 0 Å². The summed E-state index contributed by atoms with van der Waals surface area (Å²) in [6.07, 6.45) is 0.804. The Morgan fingerprint density at radius 2 is 1.90 bits per heavy atom. The molecule has 0 saturated heterocycles. The molecular weight excluding hydrogens is 268 g/mol. The average molecular weight is 286 g/mol. The lowest BCUT2D eigenvalue weighted by Gasteiger charge is -2.11. The summed E-state index contributed by atoms with van der Waals surface area (Å²) in [7, 11) is 0. The minimum absolute atomic E-state index is 0.0121. The summed E-state index contributed by atoms with van der Waals surface area (Å²) in [5.41, 5.74) is 1.52. The zero-order valence-corrected chi connectivity index (χ0v) is 11.9. The summed E-state index contributed by atoms with van der Waals surface area (Å²) in [4.78, 5) is 10.9. The van der Waals surface area contributed by atoms with Crippen molar-refractivity contribution < 1.29 is 9.66 Å². The van der Waals surface area contributed by atoms with Crippen LogP contribution in [0.5, 0.6) is 5.75 Å². The van der Waals surface area contributed by atoms with Gasteiger partial charge in [0.05, 0.1) is 11.5 Å². The van der Waals surface area contributed by atoms with Gasteiger partial charge < -0.3 is 10.1 Å². The Hall–Kier alpha value is -2.56. The number of rotatable bonds is 7. The van der Waals surface area contributed by atoms with Crippen LogP contribution in [0, 0.1) is 10.1 Å². The minimum atomic E-state index is -0.404. The third-order valence-corrected chi connectivity index (χ3v) is 2.97. The molecule has 0 fully saturated rings. The molecule has 0 saturated carbocycles. The van der Waals surface area contributed by atoms with E-state index in [2.05, 4.69) is 5.32 Å². The SMILES string of the molecule is CCCOc1cccc(NCc2ccccc2)c1[N+](=O)[O-]. The first-order chi connectivity index (χ1) is 10.2. The van der Waals surface area contributed by atoms with E-state index in [9.17, 15) is 10.1 Å². The fraction of sp³-hybridized carbons (Fsp3) is 0.250. The van der Waals surface area contributed by atoms with Gasteiger partial charge in [-0.2, -0.15) is 0 Å². The summed E-state index contributed by atoms with van der Waals surface area (Å²) in [5, 5.41) is 14.4. The molecule has 0 unspecified atom stereocenters. The predicted octanol–water partition coefficient (Wildman–Crippen LogP) is 4.00. The second-order valence-corrected chi connectivity index (χ2v) is 4.60. The highest BCUT2D eigenvalue weighted by Gasteiger charge is 2.20. The van der Waals surface area contributed by atoms with E-state index in [0.29, 0.717) is 24.6 Å². The van der Waals surface area contributed by atoms with Crippen molar-refractivity contribution >= 4 is 11.4 Å². The van der Waals surface area contributed by atoms with E-state index in [1.807, 2.05) is 37.3 Å². The van der Waals surface area contributed by atoms with Gasteiger partial charge in [0.2, 0.25) is 0 Å². The van der Waals surface area contributed by atoms with Crippen molar-refractivity contribution in [3.05, 3.63) is 64.2 Å². The summed E-state index contributed by atoms with van der Waals surface area (Å²) in [6.45, 7) is 2.95. The maximum Gasteiger partial charge on any atom is 0.333 e. The van der Waals surface area contributed by atoms with Crippen molar-refractivity contribution in [3.8, 4) is 5.75 Å². The summed E-state index contributed by atoms with van der Waals surface area (Å²) >= 11 is 0. The van der Waals surface area contributed by atoms with Gasteiger partial charge in [0.25, 0.3) is 0 Å². The standard InChI is InChI=1S/C16H18N2O3/c1-2-11-21-15-10-6-9-14(16(15)18(19)20)17-12-13-7-4-3-5-8-13/h3-10,17H,2,11-12H2,1H3. The topological polar surface area (TPSA) is 64.4 Å². The second kappa shape index (κ2) is 7.28. The first kappa shape index (κ1) is 14.8. The van der Waals surface area contributed by atoms with Gasteiger partial charge in [-0.1, -0.05) is 43.3 Å². The van der Waals surface area contributed by atoms with Crippen LogP contribution in [0.2, 0.25) is 0 Å². The Balaban J connectivity index is 2.20. The van der Waals surface area contributed by atoms with Crippen LogP contribution in [0.4, 0.5) is 11.4 Å². The van der Waals surface area contributed by atoms with Gasteiger partial charge in [0.1, 0.15) is 5.69 Å². The van der Waals surface area contributed by atoms with Crippen molar-refractivity contribution in [1.29, 1.82) is 0 Å². The van der Waals surface area contributed by atoms with Crippen LogP contribution in [0.1, 0.15) is 18.9 Å². The third kappa shape index (κ3) is 3.95. The molecule has 0 bridgehead atoms. The molecule has 2 aromatic rings. The molecular formula is C16H18N2O3. The Kier molecular flexibility index (Phi) is 5.15. The highest BCUT2D eigenvalue weighted by atomic mass is 16.6. The molecule has 0 heterocycles. The average Bonchev–Trinajstić information content (AvgIpc) is 2.51. The van der Waals surface area contributed by atoms with Crippen LogP contribution < -0.4 is 10.1 Å². The number of hydrogen-bond donors (Lipinski definition) is 1. The van der Waals surface area contributed by atoms with E-state index >= 15 is 0 Å². The quantitative estimate of drug-likeness (QED) is 0.617. The Morgan fingerprint density at radius 1 is 1.14 bits per heavy atom. The zero-order valence-electron chi connectivity index (χ0n) is 11.9. The minimum Gasteiger partial charge on any atom is -0.487 e. The molecule has 0 aromatic heterocycles. The zero-order chi connectivity index (χ0) is 15.1. The molecule has 0 atom stereocenters. The monoisotopic (exact) mass is 286 g/mol.